The van der Waals surface area contributed by atoms with Crippen molar-refractivity contribution in [3.05, 3.63) is 29.8 Å². The first-order valence-corrected chi connectivity index (χ1v) is 7.90. The molecular formula is C14H11N5O3S2. The Morgan fingerprint density at radius 3 is 1.88 bits per heavy atom. The van der Waals surface area contributed by atoms with E-state index < -0.39 is 35.2 Å². The van der Waals surface area contributed by atoms with Crippen molar-refractivity contribution in [2.45, 2.75) is 17.5 Å². The highest BCUT2D eigenvalue weighted by molar-refractivity contribution is 7.80. The average molecular weight is 361 g/mol. The van der Waals surface area contributed by atoms with Gasteiger partial charge in [0.2, 0.25) is 17.7 Å². The van der Waals surface area contributed by atoms with Crippen molar-refractivity contribution in [1.29, 1.82) is 0 Å². The van der Waals surface area contributed by atoms with Crippen molar-refractivity contribution in [2.75, 3.05) is 5.32 Å². The smallest absolute Gasteiger partial charge is 0.250 e. The van der Waals surface area contributed by atoms with Gasteiger partial charge in [-0.25, -0.2) is 0 Å². The minimum Gasteiger partial charge on any atom is -0.349 e. The van der Waals surface area contributed by atoms with Gasteiger partial charge in [-0.05, 0) is 36.1 Å². The lowest BCUT2D eigenvalue weighted by Crippen LogP contribution is -2.65. The highest BCUT2D eigenvalue weighted by atomic mass is 32.1. The van der Waals surface area contributed by atoms with Crippen LogP contribution in [-0.2, 0) is 19.8 Å². The van der Waals surface area contributed by atoms with Crippen LogP contribution in [-0.4, -0.2) is 40.0 Å². The summed E-state index contributed by atoms with van der Waals surface area (Å²) in [6, 6.07) is 4.83. The molecule has 0 bridgehead atoms. The molecule has 0 aromatic heterocycles. The van der Waals surface area contributed by atoms with E-state index in [1.165, 1.54) is 0 Å². The molecule has 3 aliphatic heterocycles. The highest BCUT2D eigenvalue weighted by Gasteiger charge is 2.64. The van der Waals surface area contributed by atoms with E-state index in [4.69, 9.17) is 24.4 Å². The van der Waals surface area contributed by atoms with Crippen LogP contribution >= 0.6 is 24.4 Å². The lowest BCUT2D eigenvalue weighted by Gasteiger charge is -2.35. The van der Waals surface area contributed by atoms with Gasteiger partial charge >= 0.3 is 0 Å². The zero-order chi connectivity index (χ0) is 17.1. The first kappa shape index (κ1) is 15.0. The van der Waals surface area contributed by atoms with E-state index in [-0.39, 0.29) is 10.2 Å². The molecule has 2 atom stereocenters. The van der Waals surface area contributed by atoms with Crippen LogP contribution in [0.1, 0.15) is 5.56 Å². The maximum absolute atomic E-state index is 13.0. The lowest BCUT2D eigenvalue weighted by atomic mass is 9.69. The molecule has 5 N–H and O–H groups in total. The number of benzene rings is 1. The zero-order valence-electron chi connectivity index (χ0n) is 12.0. The van der Waals surface area contributed by atoms with Crippen LogP contribution in [0.2, 0.25) is 0 Å². The SMILES string of the molecule is O=C1NC(=S)NC1C1(C2NC(=S)NC2=O)C(=O)Nc2ccccc21. The summed E-state index contributed by atoms with van der Waals surface area (Å²) in [7, 11) is 0. The first-order chi connectivity index (χ1) is 11.4. The maximum Gasteiger partial charge on any atom is 0.250 e. The molecule has 3 aliphatic rings. The monoisotopic (exact) mass is 361 g/mol. The molecule has 3 heterocycles. The Kier molecular flexibility index (Phi) is 3.09. The molecular weight excluding hydrogens is 350 g/mol. The summed E-state index contributed by atoms with van der Waals surface area (Å²) in [5.41, 5.74) is -0.446. The van der Waals surface area contributed by atoms with Gasteiger partial charge in [-0.2, -0.15) is 0 Å². The second-order valence-electron chi connectivity index (χ2n) is 5.66. The molecule has 3 amide bonds. The number of anilines is 1. The largest absolute Gasteiger partial charge is 0.349 e. The number of para-hydroxylation sites is 1. The summed E-state index contributed by atoms with van der Waals surface area (Å²) in [5, 5.41) is 13.6. The Balaban J connectivity index is 1.96. The molecule has 2 fully saturated rings. The van der Waals surface area contributed by atoms with Gasteiger partial charge in [-0.3, -0.25) is 14.4 Å². The van der Waals surface area contributed by atoms with Gasteiger partial charge in [0, 0.05) is 5.69 Å². The van der Waals surface area contributed by atoms with Gasteiger partial charge in [0.25, 0.3) is 0 Å². The van der Waals surface area contributed by atoms with Crippen molar-refractivity contribution < 1.29 is 14.4 Å². The van der Waals surface area contributed by atoms with Crippen molar-refractivity contribution in [3.63, 3.8) is 0 Å². The molecule has 0 saturated carbocycles. The van der Waals surface area contributed by atoms with Crippen LogP contribution in [0.5, 0.6) is 0 Å². The van der Waals surface area contributed by atoms with Crippen LogP contribution in [0, 0.1) is 0 Å². The minimum atomic E-state index is -1.52. The van der Waals surface area contributed by atoms with Crippen LogP contribution in [0.15, 0.2) is 24.3 Å². The van der Waals surface area contributed by atoms with Crippen LogP contribution in [0.25, 0.3) is 0 Å². The molecule has 10 heteroatoms. The van der Waals surface area contributed by atoms with Crippen LogP contribution < -0.4 is 26.6 Å². The molecule has 0 spiro atoms. The topological polar surface area (TPSA) is 111 Å². The number of rotatable bonds is 2. The lowest BCUT2D eigenvalue weighted by molar-refractivity contribution is -0.133. The van der Waals surface area contributed by atoms with Crippen molar-refractivity contribution in [3.8, 4) is 0 Å². The third-order valence-corrected chi connectivity index (χ3v) is 4.90. The van der Waals surface area contributed by atoms with Crippen molar-refractivity contribution >= 4 is 58.1 Å². The standard InChI is InChI=1S/C14H11N5O3S2/c20-9-7(16-12(23)18-9)14(8-10(21)19-13(24)17-8)5-3-1-2-4-6(5)15-11(14)22/h1-4,7-8H,(H,15,22)(H2,16,18,20,23)(H2,17,19,21,24). The van der Waals surface area contributed by atoms with Gasteiger partial charge in [0.1, 0.15) is 17.5 Å². The molecule has 24 heavy (non-hydrogen) atoms. The van der Waals surface area contributed by atoms with E-state index in [2.05, 4.69) is 26.6 Å². The van der Waals surface area contributed by atoms with E-state index in [9.17, 15) is 14.4 Å². The van der Waals surface area contributed by atoms with Crippen LogP contribution in [0.4, 0.5) is 5.69 Å². The molecule has 2 saturated heterocycles. The number of hydrogen-bond acceptors (Lipinski definition) is 5. The molecule has 2 unspecified atom stereocenters. The van der Waals surface area contributed by atoms with Gasteiger partial charge in [0.05, 0.1) is 0 Å². The second kappa shape index (κ2) is 4.95. The molecule has 4 rings (SSSR count). The molecule has 1 aromatic rings. The van der Waals surface area contributed by atoms with Crippen molar-refractivity contribution in [2.24, 2.45) is 0 Å². The quantitative estimate of drug-likeness (QED) is 0.413. The van der Waals surface area contributed by atoms with Gasteiger partial charge in [0.15, 0.2) is 10.2 Å². The van der Waals surface area contributed by atoms with E-state index in [0.29, 0.717) is 11.3 Å². The predicted octanol–water partition coefficient (Wildman–Crippen LogP) is -1.38. The second-order valence-corrected chi connectivity index (χ2v) is 6.48. The Hall–Kier alpha value is -2.59. The van der Waals surface area contributed by atoms with E-state index in [1.807, 2.05) is 0 Å². The molecule has 0 aliphatic carbocycles. The maximum atomic E-state index is 13.0. The summed E-state index contributed by atoms with van der Waals surface area (Å²) < 4.78 is 0. The van der Waals surface area contributed by atoms with Crippen molar-refractivity contribution in [1.82, 2.24) is 21.3 Å². The summed E-state index contributed by atoms with van der Waals surface area (Å²) in [4.78, 5) is 37.9. The third-order valence-electron chi connectivity index (χ3n) is 4.46. The fourth-order valence-corrected chi connectivity index (χ4v) is 3.95. The summed E-state index contributed by atoms with van der Waals surface area (Å²) in [6.45, 7) is 0. The number of carbonyl (C=O) groups is 3. The van der Waals surface area contributed by atoms with E-state index in [1.54, 1.807) is 24.3 Å². The molecule has 8 nitrogen and oxygen atoms in total. The van der Waals surface area contributed by atoms with Gasteiger partial charge in [-0.15, -0.1) is 0 Å². The Bertz CT molecular complexity index is 803. The number of carbonyl (C=O) groups excluding carboxylic acids is 3. The fraction of sp³-hybridized carbons (Fsp3) is 0.214. The van der Waals surface area contributed by atoms with Gasteiger partial charge < -0.3 is 26.6 Å². The number of nitrogens with one attached hydrogen (secondary N) is 5. The van der Waals surface area contributed by atoms with Gasteiger partial charge in [-0.1, -0.05) is 18.2 Å². The number of thiocarbonyl (C=S) groups is 2. The molecule has 122 valence electrons. The molecule has 0 radical (unpaired) electrons. The molecule has 1 aromatic carbocycles. The zero-order valence-corrected chi connectivity index (χ0v) is 13.6. The number of amides is 3. The summed E-state index contributed by atoms with van der Waals surface area (Å²) >= 11 is 10.0. The Morgan fingerprint density at radius 1 is 0.833 bits per heavy atom. The summed E-state index contributed by atoms with van der Waals surface area (Å²) in [5.74, 6) is -1.42. The first-order valence-electron chi connectivity index (χ1n) is 7.08. The highest BCUT2D eigenvalue weighted by Crippen LogP contribution is 2.44. The van der Waals surface area contributed by atoms with Crippen LogP contribution in [0.3, 0.4) is 0 Å². The number of hydrogen-bond donors (Lipinski definition) is 5. The third kappa shape index (κ3) is 1.80. The Labute approximate surface area is 146 Å². The minimum absolute atomic E-state index is 0.113. The fourth-order valence-electron chi connectivity index (χ4n) is 3.52. The van der Waals surface area contributed by atoms with E-state index >= 15 is 0 Å². The number of fused-ring (bicyclic) bond motifs is 1. The predicted molar refractivity (Wildman–Crippen MR) is 92.1 cm³/mol. The normalized spacial score (nSPS) is 31.1. The average Bonchev–Trinajstić information content (AvgIpc) is 3.13. The summed E-state index contributed by atoms with van der Waals surface area (Å²) in [6.07, 6.45) is 0. The Morgan fingerprint density at radius 2 is 1.38 bits per heavy atom. The van der Waals surface area contributed by atoms with E-state index in [0.717, 1.165) is 0 Å².